The summed E-state index contributed by atoms with van der Waals surface area (Å²) in [7, 11) is 0. The van der Waals surface area contributed by atoms with Gasteiger partial charge >= 0.3 is 5.97 Å². The molecule has 2 aromatic heterocycles. The van der Waals surface area contributed by atoms with E-state index in [9.17, 15) is 4.79 Å². The van der Waals surface area contributed by atoms with Crippen molar-refractivity contribution < 1.29 is 19.1 Å². The summed E-state index contributed by atoms with van der Waals surface area (Å²) in [5.74, 6) is -0.0282. The molecule has 6 heteroatoms. The van der Waals surface area contributed by atoms with Gasteiger partial charge in [0.15, 0.2) is 0 Å². The molecule has 5 nitrogen and oxygen atoms in total. The quantitative estimate of drug-likeness (QED) is 0.778. The number of benzene rings is 1. The Bertz CT molecular complexity index is 731. The zero-order valence-corrected chi connectivity index (χ0v) is 11.7. The molecule has 3 rings (SSSR count). The van der Waals surface area contributed by atoms with Gasteiger partial charge in [-0.15, -0.1) is 11.3 Å². The molecule has 0 amide bonds. The second kappa shape index (κ2) is 5.80. The Labute approximate surface area is 124 Å². The Kier molecular flexibility index (Phi) is 3.70. The molecule has 0 fully saturated rings. The maximum atomic E-state index is 10.7. The molecule has 1 aromatic carbocycles. The van der Waals surface area contributed by atoms with Crippen molar-refractivity contribution in [1.82, 2.24) is 4.98 Å². The smallest absolute Gasteiger partial charge is 0.371 e. The fraction of sp³-hybridized carbons (Fsp3) is 0.0667. The van der Waals surface area contributed by atoms with Crippen LogP contribution in [0.5, 0.6) is 5.75 Å². The molecule has 0 bridgehead atoms. The molecular weight excluding hydrogens is 290 g/mol. The van der Waals surface area contributed by atoms with E-state index in [1.807, 2.05) is 29.6 Å². The summed E-state index contributed by atoms with van der Waals surface area (Å²) >= 11 is 1.55. The minimum absolute atomic E-state index is 0.0903. The largest absolute Gasteiger partial charge is 0.486 e. The topological polar surface area (TPSA) is 72.6 Å². The predicted octanol–water partition coefficient (Wildman–Crippen LogP) is 3.68. The van der Waals surface area contributed by atoms with Gasteiger partial charge in [-0.2, -0.15) is 0 Å². The van der Waals surface area contributed by atoms with Gasteiger partial charge in [-0.25, -0.2) is 9.78 Å². The van der Waals surface area contributed by atoms with Crippen molar-refractivity contribution in [2.75, 3.05) is 0 Å². The number of aromatic carboxylic acids is 1. The summed E-state index contributed by atoms with van der Waals surface area (Å²) in [6.07, 6.45) is 0. The lowest BCUT2D eigenvalue weighted by atomic mass is 10.2. The van der Waals surface area contributed by atoms with E-state index >= 15 is 0 Å². The lowest BCUT2D eigenvalue weighted by Gasteiger charge is -2.04. The van der Waals surface area contributed by atoms with Gasteiger partial charge in [0.05, 0.1) is 11.2 Å². The van der Waals surface area contributed by atoms with Crippen molar-refractivity contribution in [2.24, 2.45) is 0 Å². The van der Waals surface area contributed by atoms with E-state index < -0.39 is 5.97 Å². The summed E-state index contributed by atoms with van der Waals surface area (Å²) in [4.78, 5) is 14.9. The number of carboxylic acids is 1. The fourth-order valence-corrected chi connectivity index (χ4v) is 2.36. The molecule has 0 saturated carbocycles. The molecule has 0 radical (unpaired) electrons. The van der Waals surface area contributed by atoms with E-state index in [1.54, 1.807) is 22.9 Å². The van der Waals surface area contributed by atoms with Crippen LogP contribution in [0.15, 0.2) is 51.7 Å². The number of ether oxygens (including phenoxy) is 1. The molecule has 0 aliphatic rings. The highest BCUT2D eigenvalue weighted by molar-refractivity contribution is 7.07. The standard InChI is InChI=1S/C15H11NO4S/c17-15(18)14-6-5-12(20-14)7-19-11-3-1-10(2-4-11)13-8-21-9-16-13/h1-6,8-9H,7H2,(H,17,18). The normalized spacial score (nSPS) is 10.5. The van der Waals surface area contributed by atoms with Crippen LogP contribution in [0.2, 0.25) is 0 Å². The Morgan fingerprint density at radius 1 is 1.24 bits per heavy atom. The minimum atomic E-state index is -1.09. The van der Waals surface area contributed by atoms with E-state index in [2.05, 4.69) is 4.98 Å². The zero-order chi connectivity index (χ0) is 14.7. The Morgan fingerprint density at radius 3 is 2.67 bits per heavy atom. The van der Waals surface area contributed by atoms with Gasteiger partial charge in [0.25, 0.3) is 0 Å². The number of carbonyl (C=O) groups is 1. The first-order chi connectivity index (χ1) is 10.2. The van der Waals surface area contributed by atoms with Gasteiger partial charge in [0, 0.05) is 10.9 Å². The van der Waals surface area contributed by atoms with Gasteiger partial charge in [-0.1, -0.05) is 0 Å². The second-order valence-corrected chi connectivity index (χ2v) is 4.98. The van der Waals surface area contributed by atoms with Crippen LogP contribution in [0.25, 0.3) is 11.3 Å². The van der Waals surface area contributed by atoms with Gasteiger partial charge in [-0.05, 0) is 36.4 Å². The summed E-state index contributed by atoms with van der Waals surface area (Å²) in [6, 6.07) is 10.5. The Balaban J connectivity index is 1.64. The molecule has 3 aromatic rings. The molecule has 0 saturated heterocycles. The lowest BCUT2D eigenvalue weighted by Crippen LogP contribution is -1.95. The number of hydrogen-bond acceptors (Lipinski definition) is 5. The first-order valence-electron chi connectivity index (χ1n) is 6.16. The number of furan rings is 1. The Hall–Kier alpha value is -2.60. The number of aromatic nitrogens is 1. The molecule has 1 N–H and O–H groups in total. The average molecular weight is 301 g/mol. The molecule has 2 heterocycles. The fourth-order valence-electron chi connectivity index (χ4n) is 1.80. The second-order valence-electron chi connectivity index (χ2n) is 4.26. The van der Waals surface area contributed by atoms with E-state index in [0.29, 0.717) is 11.5 Å². The number of hydrogen-bond donors (Lipinski definition) is 1. The first kappa shape index (κ1) is 13.4. The zero-order valence-electron chi connectivity index (χ0n) is 10.9. The van der Waals surface area contributed by atoms with Gasteiger partial charge in [-0.3, -0.25) is 0 Å². The van der Waals surface area contributed by atoms with Crippen LogP contribution in [0.1, 0.15) is 16.3 Å². The van der Waals surface area contributed by atoms with Crippen LogP contribution >= 0.6 is 11.3 Å². The summed E-state index contributed by atoms with van der Waals surface area (Å²) in [5, 5.41) is 10.7. The Morgan fingerprint density at radius 2 is 2.05 bits per heavy atom. The third-order valence-electron chi connectivity index (χ3n) is 2.84. The van der Waals surface area contributed by atoms with Crippen molar-refractivity contribution in [2.45, 2.75) is 6.61 Å². The summed E-state index contributed by atoms with van der Waals surface area (Å²) in [5.41, 5.74) is 3.75. The van der Waals surface area contributed by atoms with E-state index in [4.69, 9.17) is 14.3 Å². The lowest BCUT2D eigenvalue weighted by molar-refractivity contribution is 0.0658. The molecular formula is C15H11NO4S. The molecule has 21 heavy (non-hydrogen) atoms. The third-order valence-corrected chi connectivity index (χ3v) is 3.42. The van der Waals surface area contributed by atoms with Crippen LogP contribution in [-0.4, -0.2) is 16.1 Å². The van der Waals surface area contributed by atoms with Crippen molar-refractivity contribution in [3.05, 3.63) is 58.8 Å². The van der Waals surface area contributed by atoms with E-state index in [0.717, 1.165) is 11.3 Å². The highest BCUT2D eigenvalue weighted by Gasteiger charge is 2.09. The first-order valence-corrected chi connectivity index (χ1v) is 7.10. The number of carboxylic acid groups (broad SMARTS) is 1. The highest BCUT2D eigenvalue weighted by Crippen LogP contribution is 2.22. The number of thiazole rings is 1. The van der Waals surface area contributed by atoms with Gasteiger partial charge in [0.1, 0.15) is 18.1 Å². The van der Waals surface area contributed by atoms with Crippen LogP contribution < -0.4 is 4.74 Å². The van der Waals surface area contributed by atoms with Gasteiger partial charge in [0.2, 0.25) is 5.76 Å². The molecule has 0 atom stereocenters. The van der Waals surface area contributed by atoms with E-state index in [-0.39, 0.29) is 12.4 Å². The summed E-state index contributed by atoms with van der Waals surface area (Å²) in [6.45, 7) is 0.184. The van der Waals surface area contributed by atoms with Crippen LogP contribution in [0, 0.1) is 0 Å². The predicted molar refractivity (Wildman–Crippen MR) is 77.5 cm³/mol. The maximum absolute atomic E-state index is 10.7. The van der Waals surface area contributed by atoms with Crippen molar-refractivity contribution in [1.29, 1.82) is 0 Å². The average Bonchev–Trinajstić information content (AvgIpc) is 3.17. The molecule has 0 spiro atoms. The van der Waals surface area contributed by atoms with Crippen LogP contribution in [0.4, 0.5) is 0 Å². The van der Waals surface area contributed by atoms with E-state index in [1.165, 1.54) is 6.07 Å². The highest BCUT2D eigenvalue weighted by atomic mass is 32.1. The molecule has 0 aliphatic carbocycles. The number of nitrogens with zero attached hydrogens (tertiary/aromatic N) is 1. The van der Waals surface area contributed by atoms with Crippen LogP contribution in [0.3, 0.4) is 0 Å². The molecule has 0 aliphatic heterocycles. The van der Waals surface area contributed by atoms with Crippen molar-refractivity contribution >= 4 is 17.3 Å². The van der Waals surface area contributed by atoms with Crippen molar-refractivity contribution in [3.8, 4) is 17.0 Å². The summed E-state index contributed by atoms with van der Waals surface area (Å²) < 4.78 is 10.7. The van der Waals surface area contributed by atoms with Crippen molar-refractivity contribution in [3.63, 3.8) is 0 Å². The maximum Gasteiger partial charge on any atom is 0.371 e. The SMILES string of the molecule is O=C(O)c1ccc(COc2ccc(-c3cscn3)cc2)o1. The minimum Gasteiger partial charge on any atom is -0.486 e. The number of rotatable bonds is 5. The molecule has 106 valence electrons. The van der Waals surface area contributed by atoms with Crippen LogP contribution in [-0.2, 0) is 6.61 Å². The van der Waals surface area contributed by atoms with Gasteiger partial charge < -0.3 is 14.3 Å². The molecule has 0 unspecified atom stereocenters. The third kappa shape index (κ3) is 3.11. The monoisotopic (exact) mass is 301 g/mol.